The van der Waals surface area contributed by atoms with E-state index in [2.05, 4.69) is 56.9 Å². The Morgan fingerprint density at radius 2 is 2.12 bits per heavy atom. The summed E-state index contributed by atoms with van der Waals surface area (Å²) in [4.78, 5) is 11.0. The van der Waals surface area contributed by atoms with Gasteiger partial charge >= 0.3 is 0 Å². The van der Waals surface area contributed by atoms with Gasteiger partial charge in [0.2, 0.25) is 0 Å². The molecule has 0 spiro atoms. The highest BCUT2D eigenvalue weighted by molar-refractivity contribution is 14.0. The Labute approximate surface area is 167 Å². The fraction of sp³-hybridized carbons (Fsp3) is 0.706. The van der Waals surface area contributed by atoms with Gasteiger partial charge in [0.25, 0.3) is 0 Å². The van der Waals surface area contributed by atoms with Crippen LogP contribution in [0.4, 0.5) is 0 Å². The topological polar surface area (TPSA) is 42.9 Å². The van der Waals surface area contributed by atoms with E-state index in [0.29, 0.717) is 0 Å². The number of hydrogen-bond acceptors (Lipinski definition) is 4. The maximum atomic E-state index is 4.65. The molecule has 24 heavy (non-hydrogen) atoms. The van der Waals surface area contributed by atoms with Crippen molar-refractivity contribution in [3.8, 4) is 0 Å². The van der Waals surface area contributed by atoms with Gasteiger partial charge in [0.05, 0.1) is 6.54 Å². The van der Waals surface area contributed by atoms with Crippen LogP contribution in [0.5, 0.6) is 0 Å². The average Bonchev–Trinajstić information content (AvgIpc) is 2.98. The molecule has 2 N–H and O–H groups in total. The number of likely N-dealkylation sites (N-methyl/N-ethyl adjacent to an activating group) is 1. The zero-order valence-corrected chi connectivity index (χ0v) is 18.1. The summed E-state index contributed by atoms with van der Waals surface area (Å²) in [7, 11) is 2.22. The van der Waals surface area contributed by atoms with E-state index in [1.54, 1.807) is 11.3 Å². The molecule has 0 atom stereocenters. The molecule has 0 amide bonds. The third-order valence-electron chi connectivity index (χ3n) is 4.07. The Balaban J connectivity index is 0.00000288. The highest BCUT2D eigenvalue weighted by Gasteiger charge is 2.11. The van der Waals surface area contributed by atoms with Crippen LogP contribution in [0.25, 0.3) is 0 Å². The number of halogens is 1. The maximum absolute atomic E-state index is 4.65. The van der Waals surface area contributed by atoms with Crippen molar-refractivity contribution in [1.29, 1.82) is 0 Å². The molecular weight excluding hydrogens is 433 g/mol. The van der Waals surface area contributed by atoms with Crippen molar-refractivity contribution < 1.29 is 0 Å². The predicted octanol–water partition coefficient (Wildman–Crippen LogP) is 2.45. The molecule has 1 aromatic heterocycles. The van der Waals surface area contributed by atoms with Crippen LogP contribution in [0.2, 0.25) is 0 Å². The fourth-order valence-corrected chi connectivity index (χ4v) is 3.36. The first-order valence-corrected chi connectivity index (χ1v) is 9.61. The molecule has 0 aromatic carbocycles. The van der Waals surface area contributed by atoms with Crippen molar-refractivity contribution in [2.45, 2.75) is 26.3 Å². The van der Waals surface area contributed by atoms with Gasteiger partial charge in [0, 0.05) is 31.1 Å². The van der Waals surface area contributed by atoms with Crippen LogP contribution in [0.15, 0.2) is 22.5 Å². The van der Waals surface area contributed by atoms with Crippen molar-refractivity contribution in [2.75, 3.05) is 52.9 Å². The second kappa shape index (κ2) is 12.9. The standard InChI is InChI=1S/C17H31N5S.HI/c1-3-18-17(20-15-16-7-4-14-23-16)19-8-5-10-22-11-6-9-21(2)12-13-22;/h4,7,14H,3,5-6,8-13,15H2,1-2H3,(H2,18,19,20);1H. The summed E-state index contributed by atoms with van der Waals surface area (Å²) in [6.07, 6.45) is 2.45. The Morgan fingerprint density at radius 1 is 1.25 bits per heavy atom. The second-order valence-corrected chi connectivity index (χ2v) is 7.09. The first kappa shape index (κ1) is 21.7. The molecule has 1 aliphatic rings. The third kappa shape index (κ3) is 8.64. The molecule has 1 aromatic rings. The molecule has 1 saturated heterocycles. The van der Waals surface area contributed by atoms with Gasteiger partial charge in [0.1, 0.15) is 0 Å². The molecule has 0 radical (unpaired) electrons. The van der Waals surface area contributed by atoms with Gasteiger partial charge in [-0.2, -0.15) is 0 Å². The van der Waals surface area contributed by atoms with Crippen LogP contribution in [0.1, 0.15) is 24.6 Å². The number of hydrogen-bond donors (Lipinski definition) is 2. The molecule has 7 heteroatoms. The zero-order chi connectivity index (χ0) is 16.3. The lowest BCUT2D eigenvalue weighted by atomic mass is 10.3. The Morgan fingerprint density at radius 3 is 2.88 bits per heavy atom. The summed E-state index contributed by atoms with van der Waals surface area (Å²) in [5.41, 5.74) is 0. The number of aliphatic imine (C=N–C) groups is 1. The van der Waals surface area contributed by atoms with E-state index in [-0.39, 0.29) is 24.0 Å². The minimum atomic E-state index is 0. The second-order valence-electron chi connectivity index (χ2n) is 6.05. The van der Waals surface area contributed by atoms with Crippen molar-refractivity contribution >= 4 is 41.3 Å². The van der Waals surface area contributed by atoms with E-state index in [1.165, 1.54) is 44.0 Å². The molecule has 0 bridgehead atoms. The number of thiophene rings is 1. The van der Waals surface area contributed by atoms with Gasteiger partial charge in [-0.3, -0.25) is 0 Å². The summed E-state index contributed by atoms with van der Waals surface area (Å²) < 4.78 is 0. The quantitative estimate of drug-likeness (QED) is 0.281. The molecule has 0 aliphatic carbocycles. The summed E-state index contributed by atoms with van der Waals surface area (Å²) in [6.45, 7) is 10.8. The van der Waals surface area contributed by atoms with Gasteiger partial charge in [-0.1, -0.05) is 6.07 Å². The van der Waals surface area contributed by atoms with Crippen LogP contribution >= 0.6 is 35.3 Å². The van der Waals surface area contributed by atoms with Crippen LogP contribution in [0.3, 0.4) is 0 Å². The Bertz CT molecular complexity index is 452. The lowest BCUT2D eigenvalue weighted by molar-refractivity contribution is 0.274. The largest absolute Gasteiger partial charge is 0.357 e. The van der Waals surface area contributed by atoms with Crippen molar-refractivity contribution in [1.82, 2.24) is 20.4 Å². The monoisotopic (exact) mass is 465 g/mol. The van der Waals surface area contributed by atoms with Gasteiger partial charge in [0.15, 0.2) is 5.96 Å². The normalized spacial score (nSPS) is 17.2. The number of rotatable bonds is 7. The molecule has 0 unspecified atom stereocenters. The molecule has 138 valence electrons. The van der Waals surface area contributed by atoms with E-state index in [4.69, 9.17) is 0 Å². The Hall–Kier alpha value is -0.380. The SMILES string of the molecule is CCNC(=NCc1cccs1)NCCCN1CCCN(C)CC1.I. The van der Waals surface area contributed by atoms with Gasteiger partial charge < -0.3 is 20.4 Å². The van der Waals surface area contributed by atoms with E-state index < -0.39 is 0 Å². The minimum Gasteiger partial charge on any atom is -0.357 e. The van der Waals surface area contributed by atoms with Gasteiger partial charge in [-0.25, -0.2) is 4.99 Å². The summed E-state index contributed by atoms with van der Waals surface area (Å²) in [5.74, 6) is 0.927. The zero-order valence-electron chi connectivity index (χ0n) is 15.0. The minimum absolute atomic E-state index is 0. The first-order valence-electron chi connectivity index (χ1n) is 8.73. The van der Waals surface area contributed by atoms with Gasteiger partial charge in [-0.15, -0.1) is 35.3 Å². The summed E-state index contributed by atoms with van der Waals surface area (Å²) in [6, 6.07) is 4.21. The Kier molecular flexibility index (Phi) is 11.7. The molecular formula is C17H32IN5S. The molecule has 2 rings (SSSR count). The number of guanidine groups is 1. The van der Waals surface area contributed by atoms with Crippen molar-refractivity contribution in [3.63, 3.8) is 0 Å². The van der Waals surface area contributed by atoms with Crippen molar-refractivity contribution in [2.24, 2.45) is 4.99 Å². The molecule has 2 heterocycles. The highest BCUT2D eigenvalue weighted by Crippen LogP contribution is 2.09. The smallest absolute Gasteiger partial charge is 0.191 e. The number of nitrogens with one attached hydrogen (secondary N) is 2. The van der Waals surface area contributed by atoms with Crippen molar-refractivity contribution in [3.05, 3.63) is 22.4 Å². The van der Waals surface area contributed by atoms with E-state index in [9.17, 15) is 0 Å². The molecule has 0 saturated carbocycles. The van der Waals surface area contributed by atoms with Crippen LogP contribution in [-0.4, -0.2) is 68.6 Å². The van der Waals surface area contributed by atoms with E-state index >= 15 is 0 Å². The van der Waals surface area contributed by atoms with E-state index in [1.807, 2.05) is 0 Å². The van der Waals surface area contributed by atoms with Crippen LogP contribution in [0, 0.1) is 0 Å². The van der Waals surface area contributed by atoms with Crippen LogP contribution < -0.4 is 10.6 Å². The highest BCUT2D eigenvalue weighted by atomic mass is 127. The first-order chi connectivity index (χ1) is 11.3. The average molecular weight is 465 g/mol. The van der Waals surface area contributed by atoms with Gasteiger partial charge in [-0.05, 0) is 57.9 Å². The number of nitrogens with zero attached hydrogens (tertiary/aromatic N) is 3. The summed E-state index contributed by atoms with van der Waals surface area (Å²) >= 11 is 1.76. The molecule has 5 nitrogen and oxygen atoms in total. The maximum Gasteiger partial charge on any atom is 0.191 e. The molecule has 1 aliphatic heterocycles. The lowest BCUT2D eigenvalue weighted by Crippen LogP contribution is -2.39. The molecule has 1 fully saturated rings. The van der Waals surface area contributed by atoms with Crippen LogP contribution in [-0.2, 0) is 6.54 Å². The summed E-state index contributed by atoms with van der Waals surface area (Å²) in [5, 5.41) is 8.88. The fourth-order valence-electron chi connectivity index (χ4n) is 2.73. The van der Waals surface area contributed by atoms with E-state index in [0.717, 1.165) is 32.0 Å². The predicted molar refractivity (Wildman–Crippen MR) is 116 cm³/mol. The third-order valence-corrected chi connectivity index (χ3v) is 4.93. The lowest BCUT2D eigenvalue weighted by Gasteiger charge is -2.20.